The van der Waals surface area contributed by atoms with Crippen molar-refractivity contribution < 1.29 is 19.5 Å². The molecule has 11 heteroatoms. The van der Waals surface area contributed by atoms with Crippen molar-refractivity contribution in [3.8, 4) is 0 Å². The molecule has 0 radical (unpaired) electrons. The van der Waals surface area contributed by atoms with E-state index in [2.05, 4.69) is 0 Å². The molecule has 112 valence electrons. The van der Waals surface area contributed by atoms with E-state index in [9.17, 15) is 30.3 Å². The van der Waals surface area contributed by atoms with E-state index >= 15 is 0 Å². The second-order valence-electron chi connectivity index (χ2n) is 4.20. The fourth-order valence-corrected chi connectivity index (χ4v) is 2.08. The summed E-state index contributed by atoms with van der Waals surface area (Å²) in [5.41, 5.74) is -2.22. The third kappa shape index (κ3) is 2.86. The van der Waals surface area contributed by atoms with Gasteiger partial charge in [0.25, 0.3) is 5.69 Å². The van der Waals surface area contributed by atoms with Gasteiger partial charge in [-0.2, -0.15) is 0 Å². The lowest BCUT2D eigenvalue weighted by Gasteiger charge is -2.27. The highest BCUT2D eigenvalue weighted by Crippen LogP contribution is 2.41. The van der Waals surface area contributed by atoms with Crippen LogP contribution < -0.4 is 4.90 Å². The SMILES string of the molecule is O=[N+]([O-])c1cc([N+](=O)[O-])c(N2CCOCC2)c([N+](=O)[O-])c1. The summed E-state index contributed by atoms with van der Waals surface area (Å²) < 4.78 is 5.09. The van der Waals surface area contributed by atoms with Crippen LogP contribution in [0, 0.1) is 30.3 Å². The number of hydrogen-bond acceptors (Lipinski definition) is 8. The number of nitro groups is 3. The van der Waals surface area contributed by atoms with Crippen LogP contribution >= 0.6 is 0 Å². The normalized spacial score (nSPS) is 14.8. The maximum absolute atomic E-state index is 11.1. The Morgan fingerprint density at radius 1 is 0.905 bits per heavy atom. The van der Waals surface area contributed by atoms with E-state index in [4.69, 9.17) is 4.74 Å². The molecule has 0 aliphatic carbocycles. The molecule has 21 heavy (non-hydrogen) atoms. The molecular formula is C10H10N4O7. The van der Waals surface area contributed by atoms with E-state index in [1.165, 1.54) is 4.90 Å². The first-order valence-electron chi connectivity index (χ1n) is 5.85. The molecule has 1 aromatic carbocycles. The number of nitrogens with zero attached hydrogens (tertiary/aromatic N) is 4. The minimum atomic E-state index is -0.900. The quantitative estimate of drug-likeness (QED) is 0.596. The van der Waals surface area contributed by atoms with Gasteiger partial charge in [-0.15, -0.1) is 0 Å². The van der Waals surface area contributed by atoms with E-state index in [0.29, 0.717) is 0 Å². The van der Waals surface area contributed by atoms with Crippen molar-refractivity contribution in [2.24, 2.45) is 0 Å². The van der Waals surface area contributed by atoms with Gasteiger partial charge in [0, 0.05) is 13.1 Å². The summed E-state index contributed by atoms with van der Waals surface area (Å²) in [7, 11) is 0. The molecule has 1 aliphatic heterocycles. The lowest BCUT2D eigenvalue weighted by atomic mass is 10.1. The highest BCUT2D eigenvalue weighted by molar-refractivity contribution is 5.78. The topological polar surface area (TPSA) is 142 Å². The van der Waals surface area contributed by atoms with Gasteiger partial charge in [0.05, 0.1) is 40.1 Å². The Bertz CT molecular complexity index is 576. The van der Waals surface area contributed by atoms with Crippen molar-refractivity contribution in [3.63, 3.8) is 0 Å². The van der Waals surface area contributed by atoms with Crippen molar-refractivity contribution in [2.45, 2.75) is 0 Å². The van der Waals surface area contributed by atoms with Gasteiger partial charge >= 0.3 is 11.4 Å². The van der Waals surface area contributed by atoms with Crippen LogP contribution in [-0.4, -0.2) is 41.1 Å². The van der Waals surface area contributed by atoms with Crippen LogP contribution in [-0.2, 0) is 4.74 Å². The van der Waals surface area contributed by atoms with Crippen LogP contribution in [0.1, 0.15) is 0 Å². The first kappa shape index (κ1) is 14.6. The minimum Gasteiger partial charge on any atom is -0.378 e. The zero-order chi connectivity index (χ0) is 15.6. The Morgan fingerprint density at radius 2 is 1.38 bits per heavy atom. The predicted molar refractivity (Wildman–Crippen MR) is 69.4 cm³/mol. The summed E-state index contributed by atoms with van der Waals surface area (Å²) in [6.45, 7) is 1.01. The van der Waals surface area contributed by atoms with Crippen LogP contribution in [0.5, 0.6) is 0 Å². The van der Waals surface area contributed by atoms with E-state index in [-0.39, 0.29) is 32.0 Å². The molecule has 0 amide bonds. The maximum atomic E-state index is 11.1. The second kappa shape index (κ2) is 5.66. The number of morpholine rings is 1. The molecule has 0 atom stereocenters. The van der Waals surface area contributed by atoms with E-state index in [1.54, 1.807) is 0 Å². The molecule has 0 aromatic heterocycles. The van der Waals surface area contributed by atoms with Crippen LogP contribution in [0.2, 0.25) is 0 Å². The molecule has 1 fully saturated rings. The van der Waals surface area contributed by atoms with Gasteiger partial charge in [-0.3, -0.25) is 30.3 Å². The Morgan fingerprint density at radius 3 is 1.76 bits per heavy atom. The molecule has 1 heterocycles. The minimum absolute atomic E-state index is 0.223. The summed E-state index contributed by atoms with van der Waals surface area (Å²) in [5.74, 6) is 0. The third-order valence-electron chi connectivity index (χ3n) is 2.99. The Kier molecular flexibility index (Phi) is 3.93. The number of benzene rings is 1. The maximum Gasteiger partial charge on any atom is 0.306 e. The largest absolute Gasteiger partial charge is 0.378 e. The molecule has 0 unspecified atom stereocenters. The summed E-state index contributed by atoms with van der Waals surface area (Å²) in [5, 5.41) is 33.0. The number of anilines is 1. The summed E-state index contributed by atoms with van der Waals surface area (Å²) in [6.07, 6.45) is 0. The Labute approximate surface area is 117 Å². The first-order chi connectivity index (χ1) is 9.91. The lowest BCUT2D eigenvalue weighted by Crippen LogP contribution is -2.37. The molecule has 1 aromatic rings. The van der Waals surface area contributed by atoms with Gasteiger partial charge < -0.3 is 9.64 Å². The van der Waals surface area contributed by atoms with Crippen molar-refractivity contribution >= 4 is 22.7 Å². The molecule has 11 nitrogen and oxygen atoms in total. The molecule has 1 aliphatic rings. The van der Waals surface area contributed by atoms with Crippen molar-refractivity contribution in [1.29, 1.82) is 0 Å². The summed E-state index contributed by atoms with van der Waals surface area (Å²) in [4.78, 5) is 31.8. The molecule has 2 rings (SSSR count). The predicted octanol–water partition coefficient (Wildman–Crippen LogP) is 1.25. The smallest absolute Gasteiger partial charge is 0.306 e. The van der Waals surface area contributed by atoms with Crippen molar-refractivity contribution in [2.75, 3.05) is 31.2 Å². The zero-order valence-corrected chi connectivity index (χ0v) is 10.6. The number of non-ortho nitro benzene ring substituents is 1. The highest BCUT2D eigenvalue weighted by atomic mass is 16.6. The van der Waals surface area contributed by atoms with E-state index < -0.39 is 31.8 Å². The standard InChI is InChI=1S/C10H10N4O7/c15-12(16)7-5-8(13(17)18)10(9(6-7)14(19)20)11-1-3-21-4-2-11/h5-6H,1-4H2. The Balaban J connectivity index is 2.66. The average molecular weight is 298 g/mol. The van der Waals surface area contributed by atoms with Gasteiger partial charge in [-0.05, 0) is 0 Å². The first-order valence-corrected chi connectivity index (χ1v) is 5.85. The molecule has 0 bridgehead atoms. The highest BCUT2D eigenvalue weighted by Gasteiger charge is 2.34. The second-order valence-corrected chi connectivity index (χ2v) is 4.20. The van der Waals surface area contributed by atoms with Gasteiger partial charge in [-0.1, -0.05) is 0 Å². The van der Waals surface area contributed by atoms with Crippen LogP contribution in [0.4, 0.5) is 22.7 Å². The molecular weight excluding hydrogens is 288 g/mol. The van der Waals surface area contributed by atoms with Crippen LogP contribution in [0.25, 0.3) is 0 Å². The third-order valence-corrected chi connectivity index (χ3v) is 2.99. The number of rotatable bonds is 4. The van der Waals surface area contributed by atoms with Crippen LogP contribution in [0.3, 0.4) is 0 Å². The Hall–Kier alpha value is -2.82. The fourth-order valence-electron chi connectivity index (χ4n) is 2.08. The van der Waals surface area contributed by atoms with Crippen molar-refractivity contribution in [1.82, 2.24) is 0 Å². The van der Waals surface area contributed by atoms with Gasteiger partial charge in [0.15, 0.2) is 5.69 Å². The fraction of sp³-hybridized carbons (Fsp3) is 0.400. The number of hydrogen-bond donors (Lipinski definition) is 0. The molecule has 1 saturated heterocycles. The molecule has 0 spiro atoms. The number of ether oxygens (including phenoxy) is 1. The monoisotopic (exact) mass is 298 g/mol. The van der Waals surface area contributed by atoms with E-state index in [1.807, 2.05) is 0 Å². The zero-order valence-electron chi connectivity index (χ0n) is 10.6. The van der Waals surface area contributed by atoms with Crippen LogP contribution in [0.15, 0.2) is 12.1 Å². The average Bonchev–Trinajstić information content (AvgIpc) is 2.46. The lowest BCUT2D eigenvalue weighted by molar-refractivity contribution is -0.402. The summed E-state index contributed by atoms with van der Waals surface area (Å²) in [6, 6.07) is 1.47. The van der Waals surface area contributed by atoms with Gasteiger partial charge in [0.2, 0.25) is 0 Å². The number of nitro benzene ring substituents is 3. The summed E-state index contributed by atoms with van der Waals surface area (Å²) >= 11 is 0. The van der Waals surface area contributed by atoms with Gasteiger partial charge in [-0.25, -0.2) is 0 Å². The van der Waals surface area contributed by atoms with Gasteiger partial charge in [0.1, 0.15) is 0 Å². The van der Waals surface area contributed by atoms with Crippen molar-refractivity contribution in [3.05, 3.63) is 42.5 Å². The molecule has 0 saturated carbocycles. The molecule has 0 N–H and O–H groups in total. The van der Waals surface area contributed by atoms with E-state index in [0.717, 1.165) is 12.1 Å².